The van der Waals surface area contributed by atoms with Crippen LogP contribution in [-0.2, 0) is 15.9 Å². The van der Waals surface area contributed by atoms with Gasteiger partial charge in [0.05, 0.1) is 31.5 Å². The van der Waals surface area contributed by atoms with Gasteiger partial charge in [-0.15, -0.1) is 0 Å². The lowest BCUT2D eigenvalue weighted by Gasteiger charge is -2.28. The Bertz CT molecular complexity index is 693. The fourth-order valence-electron chi connectivity index (χ4n) is 2.96. The van der Waals surface area contributed by atoms with Crippen LogP contribution in [0, 0.1) is 0 Å². The van der Waals surface area contributed by atoms with Crippen molar-refractivity contribution in [3.8, 4) is 5.75 Å². The molecule has 1 heterocycles. The first kappa shape index (κ1) is 21.1. The van der Waals surface area contributed by atoms with E-state index in [1.807, 2.05) is 37.4 Å². The maximum absolute atomic E-state index is 11.4. The van der Waals surface area contributed by atoms with Crippen LogP contribution < -0.4 is 15.4 Å². The Morgan fingerprint density at radius 2 is 2.26 bits per heavy atom. The molecule has 1 saturated heterocycles. The maximum atomic E-state index is 11.4. The van der Waals surface area contributed by atoms with Gasteiger partial charge in [-0.2, -0.15) is 0 Å². The highest BCUT2D eigenvalue weighted by atomic mass is 35.5. The quantitative estimate of drug-likeness (QED) is 0.653. The van der Waals surface area contributed by atoms with Crippen molar-refractivity contribution in [1.29, 1.82) is 0 Å². The van der Waals surface area contributed by atoms with Crippen LogP contribution in [0.5, 0.6) is 5.75 Å². The van der Waals surface area contributed by atoms with Crippen molar-refractivity contribution >= 4 is 23.4 Å². The summed E-state index contributed by atoms with van der Waals surface area (Å²) in [6.45, 7) is 2.47. The molecule has 0 aliphatic carbocycles. The van der Waals surface area contributed by atoms with Crippen molar-refractivity contribution in [2.45, 2.75) is 31.9 Å². The molecule has 0 saturated carbocycles. The third kappa shape index (κ3) is 5.91. The summed E-state index contributed by atoms with van der Waals surface area (Å²) in [7, 11) is 5.07. The Balaban J connectivity index is 2.04. The molecule has 148 valence electrons. The fourth-order valence-corrected chi connectivity index (χ4v) is 3.25. The number of halogens is 1. The molecule has 27 heavy (non-hydrogen) atoms. The second-order valence-corrected chi connectivity index (χ2v) is 6.74. The van der Waals surface area contributed by atoms with Crippen molar-refractivity contribution < 1.29 is 19.0 Å². The van der Waals surface area contributed by atoms with Crippen LogP contribution in [0.4, 0.5) is 10.5 Å². The second kappa shape index (κ2) is 10.2. The van der Waals surface area contributed by atoms with Gasteiger partial charge in [0.2, 0.25) is 0 Å². The van der Waals surface area contributed by atoms with Crippen molar-refractivity contribution in [3.63, 3.8) is 0 Å². The summed E-state index contributed by atoms with van der Waals surface area (Å²) in [6.07, 6.45) is 6.82. The average Bonchev–Trinajstić information content (AvgIpc) is 2.66. The number of allylic oxidation sites excluding steroid dienone is 3. The first-order valence-electron chi connectivity index (χ1n) is 8.82. The first-order chi connectivity index (χ1) is 13.0. The van der Waals surface area contributed by atoms with Gasteiger partial charge in [-0.25, -0.2) is 4.79 Å². The minimum atomic E-state index is -0.398. The minimum Gasteiger partial charge on any atom is -0.495 e. The largest absolute Gasteiger partial charge is 0.495 e. The number of hydrogen-bond donors (Lipinski definition) is 2. The molecule has 0 aromatic heterocycles. The number of amides is 1. The fraction of sp³-hybridized carbons (Fsp3) is 0.450. The maximum Gasteiger partial charge on any atom is 0.407 e. The van der Waals surface area contributed by atoms with Gasteiger partial charge in [0, 0.05) is 20.6 Å². The number of anilines is 1. The third-order valence-corrected chi connectivity index (χ3v) is 4.78. The average molecular weight is 395 g/mol. The summed E-state index contributed by atoms with van der Waals surface area (Å²) < 4.78 is 15.7. The van der Waals surface area contributed by atoms with E-state index in [0.717, 1.165) is 17.7 Å². The molecule has 2 N–H and O–H groups in total. The van der Waals surface area contributed by atoms with E-state index >= 15 is 0 Å². The number of carbonyl (C=O) groups excluding carboxylic acids is 1. The van der Waals surface area contributed by atoms with Crippen LogP contribution in [-0.4, -0.2) is 46.1 Å². The van der Waals surface area contributed by atoms with Crippen molar-refractivity contribution in [2.24, 2.45) is 0 Å². The highest BCUT2D eigenvalue weighted by molar-refractivity contribution is 6.34. The number of rotatable bonds is 8. The van der Waals surface area contributed by atoms with Crippen LogP contribution in [0.25, 0.3) is 0 Å². The number of benzene rings is 1. The Labute approximate surface area is 165 Å². The monoisotopic (exact) mass is 394 g/mol. The highest BCUT2D eigenvalue weighted by Gasteiger charge is 2.25. The van der Waals surface area contributed by atoms with Gasteiger partial charge >= 0.3 is 6.09 Å². The Morgan fingerprint density at radius 1 is 1.48 bits per heavy atom. The minimum absolute atomic E-state index is 0.0834. The molecular formula is C20H27ClN2O4. The summed E-state index contributed by atoms with van der Waals surface area (Å²) in [5.74, 6) is 0.650. The zero-order valence-corrected chi connectivity index (χ0v) is 16.9. The van der Waals surface area contributed by atoms with Crippen molar-refractivity contribution in [2.75, 3.05) is 33.2 Å². The van der Waals surface area contributed by atoms with Crippen molar-refractivity contribution in [3.05, 3.63) is 46.5 Å². The standard InChI is InChI=1S/C20H27ClN2O4/c1-13(10-14-11-16(22-2)19(21)18(12-14)26-4)6-5-7-17(25-3)15-8-9-27-20(24)23-15/h5-7,11-12,15,17,22H,8-10H2,1-4H3,(H,23,24)/b7-5+,13-6+/t15?,17-/m1/s1. The summed E-state index contributed by atoms with van der Waals surface area (Å²) in [5, 5.41) is 6.44. The van der Waals surface area contributed by atoms with E-state index in [2.05, 4.69) is 17.6 Å². The molecular weight excluding hydrogens is 368 g/mol. The van der Waals surface area contributed by atoms with E-state index in [1.54, 1.807) is 14.2 Å². The molecule has 1 fully saturated rings. The predicted octanol–water partition coefficient (Wildman–Crippen LogP) is 3.95. The van der Waals surface area contributed by atoms with E-state index in [4.69, 9.17) is 25.8 Å². The lowest BCUT2D eigenvalue weighted by Crippen LogP contribution is -2.48. The summed E-state index contributed by atoms with van der Waals surface area (Å²) in [6, 6.07) is 3.88. The third-order valence-electron chi connectivity index (χ3n) is 4.39. The van der Waals surface area contributed by atoms with Crippen LogP contribution in [0.3, 0.4) is 0 Å². The molecule has 1 amide bonds. The first-order valence-corrected chi connectivity index (χ1v) is 9.20. The van der Waals surface area contributed by atoms with Crippen LogP contribution >= 0.6 is 11.6 Å². The number of alkyl carbamates (subject to hydrolysis) is 1. The van der Waals surface area contributed by atoms with E-state index in [1.165, 1.54) is 5.57 Å². The molecule has 1 aromatic carbocycles. The van der Waals surface area contributed by atoms with Gasteiger partial charge in [-0.3, -0.25) is 0 Å². The summed E-state index contributed by atoms with van der Waals surface area (Å²) >= 11 is 6.27. The molecule has 0 radical (unpaired) electrons. The molecule has 7 heteroatoms. The molecule has 0 spiro atoms. The van der Waals surface area contributed by atoms with E-state index in [9.17, 15) is 4.79 Å². The Hall–Kier alpha value is -2.18. The molecule has 6 nitrogen and oxygen atoms in total. The molecule has 1 aromatic rings. The zero-order chi connectivity index (χ0) is 19.8. The van der Waals surface area contributed by atoms with Crippen LogP contribution in [0.1, 0.15) is 18.9 Å². The van der Waals surface area contributed by atoms with Gasteiger partial charge in [-0.1, -0.05) is 35.4 Å². The molecule has 1 aliphatic rings. The molecule has 0 bridgehead atoms. The molecule has 2 atom stereocenters. The smallest absolute Gasteiger partial charge is 0.407 e. The second-order valence-electron chi connectivity index (χ2n) is 6.36. The van der Waals surface area contributed by atoms with Crippen LogP contribution in [0.2, 0.25) is 5.02 Å². The zero-order valence-electron chi connectivity index (χ0n) is 16.2. The van der Waals surface area contributed by atoms with E-state index < -0.39 is 6.09 Å². The summed E-state index contributed by atoms with van der Waals surface area (Å²) in [4.78, 5) is 11.4. The number of cyclic esters (lactones) is 1. The predicted molar refractivity (Wildman–Crippen MR) is 108 cm³/mol. The topological polar surface area (TPSA) is 68.8 Å². The molecule has 2 rings (SSSR count). The Kier molecular flexibility index (Phi) is 8.00. The number of carbonyl (C=O) groups is 1. The normalized spacial score (nSPS) is 18.8. The summed E-state index contributed by atoms with van der Waals surface area (Å²) in [5.41, 5.74) is 3.11. The van der Waals surface area contributed by atoms with Crippen LogP contribution in [0.15, 0.2) is 35.9 Å². The van der Waals surface area contributed by atoms with Gasteiger partial charge in [-0.05, 0) is 31.0 Å². The SMILES string of the molecule is CNc1cc(C/C(C)=C/C=C/[C@@H](OC)C2CCOC(=O)N2)cc(OC)c1Cl. The lowest BCUT2D eigenvalue weighted by atomic mass is 10.0. The van der Waals surface area contributed by atoms with Gasteiger partial charge in [0.15, 0.2) is 0 Å². The van der Waals surface area contributed by atoms with Crippen molar-refractivity contribution in [1.82, 2.24) is 5.32 Å². The molecule has 1 aliphatic heterocycles. The van der Waals surface area contributed by atoms with Gasteiger partial charge < -0.3 is 24.8 Å². The number of methoxy groups -OCH3 is 2. The Morgan fingerprint density at radius 3 is 2.89 bits per heavy atom. The number of nitrogens with one attached hydrogen (secondary N) is 2. The molecule has 1 unspecified atom stereocenters. The highest BCUT2D eigenvalue weighted by Crippen LogP contribution is 2.34. The van der Waals surface area contributed by atoms with Gasteiger partial charge in [0.1, 0.15) is 10.8 Å². The lowest BCUT2D eigenvalue weighted by molar-refractivity contribution is 0.0594. The van der Waals surface area contributed by atoms with Gasteiger partial charge in [0.25, 0.3) is 0 Å². The van der Waals surface area contributed by atoms with E-state index in [0.29, 0.717) is 23.8 Å². The number of hydrogen-bond acceptors (Lipinski definition) is 5. The number of ether oxygens (including phenoxy) is 3. The van der Waals surface area contributed by atoms with E-state index in [-0.39, 0.29) is 12.1 Å².